The predicted molar refractivity (Wildman–Crippen MR) is 174 cm³/mol. The molecule has 0 saturated carbocycles. The van der Waals surface area contributed by atoms with Crippen molar-refractivity contribution in [3.05, 3.63) is 69.5 Å². The van der Waals surface area contributed by atoms with Crippen LogP contribution in [-0.2, 0) is 9.59 Å². The highest BCUT2D eigenvalue weighted by atomic mass is 32.2. The van der Waals surface area contributed by atoms with Crippen molar-refractivity contribution in [3.63, 3.8) is 0 Å². The number of nitrogens with one attached hydrogen (secondary N) is 2. The number of aromatic carboxylic acids is 2. The summed E-state index contributed by atoms with van der Waals surface area (Å²) in [6.07, 6.45) is 0.791. The summed E-state index contributed by atoms with van der Waals surface area (Å²) in [5.74, 6) is -2.76. The molecule has 0 aromatic heterocycles. The molecule has 44 heavy (non-hydrogen) atoms. The largest absolute Gasteiger partial charge is 0.478 e. The second-order valence-corrected chi connectivity index (χ2v) is 12.1. The molecule has 0 aliphatic carbocycles. The van der Waals surface area contributed by atoms with Gasteiger partial charge in [-0.3, -0.25) is 29.0 Å². The molecule has 2 aromatic carbocycles. The Morgan fingerprint density at radius 2 is 0.977 bits per heavy atom. The van der Waals surface area contributed by atoms with Crippen LogP contribution in [0.25, 0.3) is 0 Å². The molecule has 0 radical (unpaired) electrons. The van der Waals surface area contributed by atoms with Gasteiger partial charge in [-0.2, -0.15) is 0 Å². The molecule has 2 aromatic rings. The van der Waals surface area contributed by atoms with E-state index in [0.717, 1.165) is 23.5 Å². The van der Waals surface area contributed by atoms with E-state index in [0.29, 0.717) is 34.0 Å². The van der Waals surface area contributed by atoms with Crippen molar-refractivity contribution in [3.8, 4) is 0 Å². The van der Waals surface area contributed by atoms with Crippen LogP contribution < -0.4 is 10.6 Å². The Balaban J connectivity index is 1.25. The maximum atomic E-state index is 12.7. The van der Waals surface area contributed by atoms with Crippen LogP contribution in [0.3, 0.4) is 0 Å². The number of carbonyl (C=O) groups is 6. The third-order valence-corrected chi connectivity index (χ3v) is 9.54. The van der Waals surface area contributed by atoms with E-state index in [-0.39, 0.29) is 69.3 Å². The van der Waals surface area contributed by atoms with Crippen LogP contribution in [0, 0.1) is 0 Å². The smallest absolute Gasteiger partial charge is 0.335 e. The fourth-order valence-electron chi connectivity index (χ4n) is 4.09. The van der Waals surface area contributed by atoms with Crippen molar-refractivity contribution in [1.82, 2.24) is 9.80 Å². The lowest BCUT2D eigenvalue weighted by Gasteiger charge is -2.16. The minimum atomic E-state index is -1.07. The Bertz CT molecular complexity index is 1470. The standard InChI is InChI=1S/C28H24N4O8S4/c33-19(29-17-9-5-15(6-10-17)25(35)36)3-1-13-31-23(41)21(43-27(31)39)22-24(42)32(28(40)44-22)14-2-4-20(34)30-18-11-7-16(8-12-18)26(37)38/h5-12H,1-4,13-14H2,(H,29,33)(H,30,34)(H,35,36)(H,37,38)/b22-21+. The molecule has 228 valence electrons. The number of hydrogen-bond donors (Lipinski definition) is 4. The van der Waals surface area contributed by atoms with E-state index in [2.05, 4.69) is 10.6 Å². The van der Waals surface area contributed by atoms with Gasteiger partial charge in [-0.15, -0.1) is 0 Å². The van der Waals surface area contributed by atoms with Crippen molar-refractivity contribution < 1.29 is 39.0 Å². The summed E-state index contributed by atoms with van der Waals surface area (Å²) >= 11 is 12.8. The summed E-state index contributed by atoms with van der Waals surface area (Å²) in [4.78, 5) is 76.0. The molecule has 4 amide bonds. The molecule has 0 atom stereocenters. The van der Waals surface area contributed by atoms with Crippen molar-refractivity contribution in [2.45, 2.75) is 25.7 Å². The number of thioether (sulfide) groups is 2. The lowest BCUT2D eigenvalue weighted by atomic mass is 10.2. The highest BCUT2D eigenvalue weighted by molar-refractivity contribution is 8.23. The van der Waals surface area contributed by atoms with Crippen LogP contribution in [0.15, 0.2) is 58.3 Å². The van der Waals surface area contributed by atoms with Gasteiger partial charge in [0.2, 0.25) is 11.8 Å². The number of nitrogens with zero attached hydrogens (tertiary/aromatic N) is 2. The molecular weight excluding hydrogens is 649 g/mol. The summed E-state index contributed by atoms with van der Waals surface area (Å²) < 4.78 is 0. The Morgan fingerprint density at radius 3 is 1.30 bits per heavy atom. The Morgan fingerprint density at radius 1 is 0.636 bits per heavy atom. The third-order valence-electron chi connectivity index (χ3n) is 6.31. The zero-order chi connectivity index (χ0) is 32.0. The Hall–Kier alpha value is -4.12. The van der Waals surface area contributed by atoms with Crippen LogP contribution in [-0.4, -0.2) is 77.3 Å². The van der Waals surface area contributed by atoms with Crippen molar-refractivity contribution in [2.24, 2.45) is 0 Å². The fraction of sp³-hybridized carbons (Fsp3) is 0.214. The van der Waals surface area contributed by atoms with E-state index in [1.54, 1.807) is 0 Å². The van der Waals surface area contributed by atoms with Gasteiger partial charge < -0.3 is 20.8 Å². The van der Waals surface area contributed by atoms with Crippen molar-refractivity contribution in [1.29, 1.82) is 0 Å². The fourth-order valence-corrected chi connectivity index (χ4v) is 7.10. The summed E-state index contributed by atoms with van der Waals surface area (Å²) in [5.41, 5.74) is 1.10. The first-order valence-corrected chi connectivity index (χ1v) is 15.5. The quantitative estimate of drug-likeness (QED) is 0.167. The minimum absolute atomic E-state index is 0.0876. The lowest BCUT2D eigenvalue weighted by molar-refractivity contribution is -0.117. The van der Waals surface area contributed by atoms with Gasteiger partial charge in [0.1, 0.15) is 9.98 Å². The molecule has 0 unspecified atom stereocenters. The monoisotopic (exact) mass is 672 g/mol. The Kier molecular flexibility index (Phi) is 10.9. The molecule has 4 N–H and O–H groups in total. The van der Waals surface area contributed by atoms with Gasteiger partial charge in [-0.25, -0.2) is 9.59 Å². The van der Waals surface area contributed by atoms with Crippen LogP contribution in [0.4, 0.5) is 21.0 Å². The van der Waals surface area contributed by atoms with E-state index in [1.807, 2.05) is 0 Å². The number of amides is 4. The molecule has 0 bridgehead atoms. The van der Waals surface area contributed by atoms with E-state index >= 15 is 0 Å². The summed E-state index contributed by atoms with van der Waals surface area (Å²) in [5, 5.41) is 22.6. The van der Waals surface area contributed by atoms with Gasteiger partial charge >= 0.3 is 11.9 Å². The highest BCUT2D eigenvalue weighted by Gasteiger charge is 2.40. The number of anilines is 2. The summed E-state index contributed by atoms with van der Waals surface area (Å²) in [7, 11) is 0. The lowest BCUT2D eigenvalue weighted by Crippen LogP contribution is -2.30. The highest BCUT2D eigenvalue weighted by Crippen LogP contribution is 2.43. The van der Waals surface area contributed by atoms with Gasteiger partial charge in [-0.1, -0.05) is 24.4 Å². The number of hydrogen-bond acceptors (Lipinski definition) is 10. The first kappa shape index (κ1) is 32.8. The first-order chi connectivity index (χ1) is 20.9. The average molecular weight is 673 g/mol. The topological polar surface area (TPSA) is 173 Å². The molecule has 12 nitrogen and oxygen atoms in total. The van der Waals surface area contributed by atoms with Gasteiger partial charge in [0, 0.05) is 37.3 Å². The zero-order valence-corrected chi connectivity index (χ0v) is 26.0. The molecule has 2 aliphatic heterocycles. The van der Waals surface area contributed by atoms with Crippen LogP contribution >= 0.6 is 48.0 Å². The van der Waals surface area contributed by atoms with Crippen LogP contribution in [0.1, 0.15) is 46.4 Å². The summed E-state index contributed by atoms with van der Waals surface area (Å²) in [6.45, 7) is 0.353. The zero-order valence-electron chi connectivity index (χ0n) is 22.7. The van der Waals surface area contributed by atoms with Gasteiger partial charge in [-0.05, 0) is 84.9 Å². The van der Waals surface area contributed by atoms with Crippen LogP contribution in [0.2, 0.25) is 0 Å². The van der Waals surface area contributed by atoms with Crippen LogP contribution in [0.5, 0.6) is 0 Å². The molecule has 2 fully saturated rings. The second kappa shape index (κ2) is 14.6. The number of benzene rings is 2. The van der Waals surface area contributed by atoms with Crippen molar-refractivity contribution >= 4 is 104 Å². The average Bonchev–Trinajstić information content (AvgIpc) is 3.42. The maximum absolute atomic E-state index is 12.7. The summed E-state index contributed by atoms with van der Waals surface area (Å²) in [6, 6.07) is 11.5. The number of carboxylic acid groups (broad SMARTS) is 2. The van der Waals surface area contributed by atoms with Gasteiger partial charge in [0.25, 0.3) is 10.5 Å². The molecule has 2 saturated heterocycles. The number of rotatable bonds is 12. The number of carbonyl (C=O) groups excluding carboxylic acids is 4. The Labute approximate surface area is 270 Å². The maximum Gasteiger partial charge on any atom is 0.335 e. The number of carboxylic acids is 2. The van der Waals surface area contributed by atoms with E-state index < -0.39 is 11.9 Å². The third kappa shape index (κ3) is 8.07. The number of thiocarbonyl (C=S) groups is 2. The second-order valence-electron chi connectivity index (χ2n) is 9.38. The van der Waals surface area contributed by atoms with E-state index in [9.17, 15) is 28.8 Å². The minimum Gasteiger partial charge on any atom is -0.478 e. The normalized spacial score (nSPS) is 16.5. The first-order valence-electron chi connectivity index (χ1n) is 13.0. The van der Waals surface area contributed by atoms with Gasteiger partial charge in [0.05, 0.1) is 20.9 Å². The molecule has 2 aliphatic rings. The van der Waals surface area contributed by atoms with Crippen molar-refractivity contribution in [2.75, 3.05) is 23.7 Å². The molecule has 4 rings (SSSR count). The van der Waals surface area contributed by atoms with E-state index in [4.69, 9.17) is 34.6 Å². The van der Waals surface area contributed by atoms with E-state index in [1.165, 1.54) is 58.3 Å². The predicted octanol–water partition coefficient (Wildman–Crippen LogP) is 5.42. The molecule has 2 heterocycles. The molecule has 16 heteroatoms. The molecule has 0 spiro atoms. The van der Waals surface area contributed by atoms with Gasteiger partial charge in [0.15, 0.2) is 0 Å². The molecular formula is C28H24N4O8S4. The SMILES string of the molecule is O=C(CCCN1C(=O)S/C(=C2/SC(=O)N(CCCC(=O)Nc3ccc(C(=O)O)cc3)C2=S)C1=S)Nc1ccc(C(=O)O)cc1.